The molecular formula is C27H36Br2N2O5. The minimum Gasteiger partial charge on any atom is -0.423 e. The third kappa shape index (κ3) is 7.61. The maximum Gasteiger partial charge on any atom is 0.308 e. The second-order valence-electron chi connectivity index (χ2n) is 9.17. The number of hydrogen-bond acceptors (Lipinski definition) is 7. The van der Waals surface area contributed by atoms with E-state index in [4.69, 9.17) is 19.9 Å². The van der Waals surface area contributed by atoms with Crippen molar-refractivity contribution in [2.75, 3.05) is 26.2 Å². The van der Waals surface area contributed by atoms with Crippen molar-refractivity contribution in [1.82, 2.24) is 4.90 Å². The topological polar surface area (TPSA) is 91.1 Å². The summed E-state index contributed by atoms with van der Waals surface area (Å²) < 4.78 is 17.3. The zero-order valence-corrected chi connectivity index (χ0v) is 24.2. The van der Waals surface area contributed by atoms with Crippen LogP contribution in [0, 0.1) is 5.92 Å². The Labute approximate surface area is 234 Å². The third-order valence-electron chi connectivity index (χ3n) is 6.78. The van der Waals surface area contributed by atoms with Crippen LogP contribution in [0.1, 0.15) is 49.5 Å². The minimum absolute atomic E-state index is 0. The van der Waals surface area contributed by atoms with Gasteiger partial charge in [-0.15, -0.1) is 34.0 Å². The molecule has 0 amide bonds. The average molecular weight is 628 g/mol. The smallest absolute Gasteiger partial charge is 0.308 e. The molecule has 0 radical (unpaired) electrons. The second-order valence-corrected chi connectivity index (χ2v) is 9.17. The van der Waals surface area contributed by atoms with Gasteiger partial charge in [0.25, 0.3) is 0 Å². The summed E-state index contributed by atoms with van der Waals surface area (Å²) in [5.74, 6) is 0.0367. The fourth-order valence-electron chi connectivity index (χ4n) is 5.10. The number of benzene rings is 2. The zero-order chi connectivity index (χ0) is 24.1. The summed E-state index contributed by atoms with van der Waals surface area (Å²) in [6.07, 6.45) is 3.42. The van der Waals surface area contributed by atoms with Crippen molar-refractivity contribution in [2.24, 2.45) is 11.7 Å². The molecule has 2 N–H and O–H groups in total. The van der Waals surface area contributed by atoms with E-state index in [2.05, 4.69) is 29.2 Å². The molecule has 2 aliphatic heterocycles. The van der Waals surface area contributed by atoms with Gasteiger partial charge in [0.1, 0.15) is 0 Å². The van der Waals surface area contributed by atoms with E-state index < -0.39 is 11.9 Å². The SMILES string of the molecule is Br.Br.CC(=O)Oc1ccc2c(c1OC(C)=O)C[C@H](C1CCN(CCc3ccccc3)CC1)O[C@@H]2CN. The van der Waals surface area contributed by atoms with Crippen LogP contribution in [0.25, 0.3) is 0 Å². The molecule has 9 heteroatoms. The van der Waals surface area contributed by atoms with Crippen LogP contribution in [-0.4, -0.2) is 49.1 Å². The van der Waals surface area contributed by atoms with Gasteiger partial charge in [-0.2, -0.15) is 0 Å². The van der Waals surface area contributed by atoms with Crippen molar-refractivity contribution in [2.45, 2.75) is 51.7 Å². The van der Waals surface area contributed by atoms with E-state index in [-0.39, 0.29) is 51.9 Å². The highest BCUT2D eigenvalue weighted by atomic mass is 79.9. The highest BCUT2D eigenvalue weighted by Gasteiger charge is 2.36. The summed E-state index contributed by atoms with van der Waals surface area (Å²) in [7, 11) is 0. The van der Waals surface area contributed by atoms with Crippen LogP contribution in [0.3, 0.4) is 0 Å². The Balaban J connectivity index is 0.00000228. The van der Waals surface area contributed by atoms with Gasteiger partial charge in [-0.25, -0.2) is 0 Å². The molecular weight excluding hydrogens is 592 g/mol. The van der Waals surface area contributed by atoms with Crippen LogP contribution < -0.4 is 15.2 Å². The predicted octanol–water partition coefficient (Wildman–Crippen LogP) is 4.59. The quantitative estimate of drug-likeness (QED) is 0.355. The number of piperidine rings is 1. The Morgan fingerprint density at radius 2 is 1.67 bits per heavy atom. The average Bonchev–Trinajstić information content (AvgIpc) is 2.84. The van der Waals surface area contributed by atoms with Gasteiger partial charge in [-0.05, 0) is 55.5 Å². The number of esters is 2. The first kappa shape index (κ1) is 30.4. The lowest BCUT2D eigenvalue weighted by Gasteiger charge is -2.40. The summed E-state index contributed by atoms with van der Waals surface area (Å²) in [5.41, 5.74) is 9.18. The van der Waals surface area contributed by atoms with Crippen molar-refractivity contribution >= 4 is 45.9 Å². The number of rotatable bonds is 7. The summed E-state index contributed by atoms with van der Waals surface area (Å²) >= 11 is 0. The Morgan fingerprint density at radius 3 is 2.28 bits per heavy atom. The van der Waals surface area contributed by atoms with Crippen LogP contribution >= 0.6 is 34.0 Å². The van der Waals surface area contributed by atoms with Crippen LogP contribution in [0.2, 0.25) is 0 Å². The maximum absolute atomic E-state index is 11.8. The molecule has 198 valence electrons. The summed E-state index contributed by atoms with van der Waals surface area (Å²) in [5, 5.41) is 0. The largest absolute Gasteiger partial charge is 0.423 e. The lowest BCUT2D eigenvalue weighted by Crippen LogP contribution is -2.42. The van der Waals surface area contributed by atoms with Crippen molar-refractivity contribution < 1.29 is 23.8 Å². The molecule has 2 aromatic rings. The second kappa shape index (κ2) is 14.2. The number of carbonyl (C=O) groups is 2. The lowest BCUT2D eigenvalue weighted by molar-refractivity contribution is -0.134. The fourth-order valence-corrected chi connectivity index (χ4v) is 5.10. The molecule has 2 heterocycles. The molecule has 0 spiro atoms. The maximum atomic E-state index is 11.8. The van der Waals surface area contributed by atoms with Gasteiger partial charge < -0.3 is 24.8 Å². The molecule has 1 fully saturated rings. The lowest BCUT2D eigenvalue weighted by atomic mass is 9.83. The first-order chi connectivity index (χ1) is 16.4. The van der Waals surface area contributed by atoms with E-state index in [9.17, 15) is 9.59 Å². The highest BCUT2D eigenvalue weighted by molar-refractivity contribution is 8.93. The van der Waals surface area contributed by atoms with Crippen LogP contribution in [0.5, 0.6) is 11.5 Å². The van der Waals surface area contributed by atoms with Crippen LogP contribution in [0.4, 0.5) is 0 Å². The number of ether oxygens (including phenoxy) is 3. The van der Waals surface area contributed by atoms with E-state index in [0.29, 0.717) is 24.6 Å². The van der Waals surface area contributed by atoms with Gasteiger partial charge in [-0.3, -0.25) is 9.59 Å². The molecule has 2 aromatic carbocycles. The first-order valence-electron chi connectivity index (χ1n) is 12.1. The van der Waals surface area contributed by atoms with Gasteiger partial charge in [0.2, 0.25) is 0 Å². The normalized spacial score (nSPS) is 19.9. The molecule has 0 bridgehead atoms. The van der Waals surface area contributed by atoms with Crippen molar-refractivity contribution in [3.63, 3.8) is 0 Å². The standard InChI is InChI=1S/C27H34N2O5.2BrH/c1-18(30)32-24-9-8-22-23(27(24)33-19(2)31)16-25(34-26(22)17-28)21-11-14-29(15-12-21)13-10-20-6-4-3-5-7-20;;/h3-9,21,25-26H,10-17,28H2,1-2H3;2*1H/t25-,26-;;/m1../s1. The summed E-state index contributed by atoms with van der Waals surface area (Å²) in [6, 6.07) is 14.1. The van der Waals surface area contributed by atoms with Crippen LogP contribution in [-0.2, 0) is 27.2 Å². The van der Waals surface area contributed by atoms with Gasteiger partial charge >= 0.3 is 11.9 Å². The van der Waals surface area contributed by atoms with E-state index in [1.807, 2.05) is 12.1 Å². The van der Waals surface area contributed by atoms with Gasteiger partial charge in [0.05, 0.1) is 12.2 Å². The Hall–Kier alpha value is -1.78. The van der Waals surface area contributed by atoms with Crippen LogP contribution in [0.15, 0.2) is 42.5 Å². The molecule has 2 atom stereocenters. The predicted molar refractivity (Wildman–Crippen MR) is 149 cm³/mol. The number of carbonyl (C=O) groups excluding carboxylic acids is 2. The number of likely N-dealkylation sites (tertiary alicyclic amines) is 1. The van der Waals surface area contributed by atoms with E-state index >= 15 is 0 Å². The van der Waals surface area contributed by atoms with Crippen molar-refractivity contribution in [3.05, 3.63) is 59.2 Å². The summed E-state index contributed by atoms with van der Waals surface area (Å²) in [6.45, 7) is 6.12. The molecule has 2 aliphatic rings. The number of nitrogens with zero attached hydrogens (tertiary/aromatic N) is 1. The number of nitrogens with two attached hydrogens (primary N) is 1. The van der Waals surface area contributed by atoms with Gasteiger partial charge in [0, 0.05) is 38.9 Å². The van der Waals surface area contributed by atoms with E-state index in [1.165, 1.54) is 19.4 Å². The Bertz CT molecular complexity index is 1010. The van der Waals surface area contributed by atoms with E-state index in [0.717, 1.165) is 50.0 Å². The highest BCUT2D eigenvalue weighted by Crippen LogP contribution is 2.43. The van der Waals surface area contributed by atoms with E-state index in [1.54, 1.807) is 6.07 Å². The molecule has 7 nitrogen and oxygen atoms in total. The van der Waals surface area contributed by atoms with Gasteiger partial charge in [-0.1, -0.05) is 36.4 Å². The zero-order valence-electron chi connectivity index (χ0n) is 20.8. The minimum atomic E-state index is -0.463. The third-order valence-corrected chi connectivity index (χ3v) is 6.78. The summed E-state index contributed by atoms with van der Waals surface area (Å²) in [4.78, 5) is 26.0. The number of fused-ring (bicyclic) bond motifs is 1. The molecule has 1 saturated heterocycles. The number of halogens is 2. The fraction of sp³-hybridized carbons (Fsp3) is 0.481. The first-order valence-corrected chi connectivity index (χ1v) is 12.1. The molecule has 36 heavy (non-hydrogen) atoms. The molecule has 4 rings (SSSR count). The molecule has 0 saturated carbocycles. The Kier molecular flexibility index (Phi) is 12.0. The Morgan fingerprint density at radius 1 is 1.00 bits per heavy atom. The van der Waals surface area contributed by atoms with Crippen molar-refractivity contribution in [3.8, 4) is 11.5 Å². The molecule has 0 aromatic heterocycles. The van der Waals surface area contributed by atoms with Crippen molar-refractivity contribution in [1.29, 1.82) is 0 Å². The monoisotopic (exact) mass is 626 g/mol. The molecule has 0 unspecified atom stereocenters. The molecule has 0 aliphatic carbocycles. The number of hydrogen-bond donors (Lipinski definition) is 1. The van der Waals surface area contributed by atoms with Gasteiger partial charge in [0.15, 0.2) is 11.5 Å².